The second kappa shape index (κ2) is 2.81. The Bertz CT molecular complexity index is 167. The number of rotatable bonds is 0. The van der Waals surface area contributed by atoms with Crippen LogP contribution in [0.15, 0.2) is 0 Å². The maximum atomic E-state index is 11.0. The van der Waals surface area contributed by atoms with Crippen LogP contribution in [0.4, 0.5) is 0 Å². The molecular formula is C8H14O3. The quantitative estimate of drug-likeness (QED) is 0.524. The number of aliphatic hydroxyl groups excluding tert-OH is 1. The van der Waals surface area contributed by atoms with Crippen molar-refractivity contribution >= 4 is 5.97 Å². The topological polar surface area (TPSA) is 46.5 Å². The molecule has 0 amide bonds. The summed E-state index contributed by atoms with van der Waals surface area (Å²) in [7, 11) is 0. The summed E-state index contributed by atoms with van der Waals surface area (Å²) in [6.07, 6.45) is -0.708. The van der Waals surface area contributed by atoms with Gasteiger partial charge < -0.3 is 9.84 Å². The molecule has 1 aliphatic heterocycles. The van der Waals surface area contributed by atoms with Gasteiger partial charge >= 0.3 is 5.97 Å². The van der Waals surface area contributed by atoms with E-state index in [0.29, 0.717) is 0 Å². The lowest BCUT2D eigenvalue weighted by molar-refractivity contribution is -0.175. The van der Waals surface area contributed by atoms with Crippen LogP contribution in [0.1, 0.15) is 20.8 Å². The van der Waals surface area contributed by atoms with Crippen molar-refractivity contribution < 1.29 is 14.6 Å². The van der Waals surface area contributed by atoms with E-state index in [1.807, 2.05) is 6.92 Å². The summed E-state index contributed by atoms with van der Waals surface area (Å²) in [6, 6.07) is 0. The number of esters is 1. The third kappa shape index (κ3) is 1.38. The molecule has 1 rings (SSSR count). The molecule has 0 aliphatic carbocycles. The van der Waals surface area contributed by atoms with Gasteiger partial charge in [-0.05, 0) is 13.8 Å². The third-order valence-corrected chi connectivity index (χ3v) is 2.47. The van der Waals surface area contributed by atoms with Crippen LogP contribution in [-0.4, -0.2) is 23.3 Å². The van der Waals surface area contributed by atoms with E-state index < -0.39 is 6.10 Å². The van der Waals surface area contributed by atoms with E-state index in [0.717, 1.165) is 0 Å². The van der Waals surface area contributed by atoms with Gasteiger partial charge in [-0.15, -0.1) is 0 Å². The maximum absolute atomic E-state index is 11.0. The largest absolute Gasteiger partial charge is 0.462 e. The Labute approximate surface area is 66.4 Å². The summed E-state index contributed by atoms with van der Waals surface area (Å²) < 4.78 is 4.98. The van der Waals surface area contributed by atoms with Crippen molar-refractivity contribution in [1.29, 1.82) is 0 Å². The van der Waals surface area contributed by atoms with E-state index in [9.17, 15) is 9.90 Å². The number of aliphatic hydroxyl groups is 1. The second-order valence-electron chi connectivity index (χ2n) is 3.28. The molecule has 1 heterocycles. The summed E-state index contributed by atoms with van der Waals surface area (Å²) in [5, 5.41) is 9.49. The molecule has 1 N–H and O–H groups in total. The molecule has 0 aromatic rings. The molecule has 1 saturated heterocycles. The van der Waals surface area contributed by atoms with Crippen molar-refractivity contribution in [2.24, 2.45) is 11.8 Å². The number of carbonyl (C=O) groups excluding carboxylic acids is 1. The lowest BCUT2D eigenvalue weighted by Gasteiger charge is -2.34. The highest BCUT2D eigenvalue weighted by Gasteiger charge is 2.37. The van der Waals surface area contributed by atoms with Crippen molar-refractivity contribution in [3.63, 3.8) is 0 Å². The van der Waals surface area contributed by atoms with Gasteiger partial charge in [0.05, 0.1) is 12.0 Å². The predicted octanol–water partition coefficient (Wildman–Crippen LogP) is 0.565. The van der Waals surface area contributed by atoms with Crippen molar-refractivity contribution in [3.05, 3.63) is 0 Å². The first-order chi connectivity index (χ1) is 5.04. The SMILES string of the molecule is C[C@H]1[C@@H](O)[C@@H](C)C(=O)O[C@@H]1C. The predicted molar refractivity (Wildman–Crippen MR) is 39.9 cm³/mol. The number of ether oxygens (including phenoxy) is 1. The first-order valence-corrected chi connectivity index (χ1v) is 3.92. The zero-order valence-corrected chi connectivity index (χ0v) is 7.07. The molecule has 0 spiro atoms. The Kier molecular flexibility index (Phi) is 2.18. The van der Waals surface area contributed by atoms with E-state index in [1.54, 1.807) is 13.8 Å². The van der Waals surface area contributed by atoms with E-state index in [4.69, 9.17) is 4.74 Å². The molecule has 0 aromatic heterocycles. The van der Waals surface area contributed by atoms with Crippen LogP contribution in [0.2, 0.25) is 0 Å². The smallest absolute Gasteiger partial charge is 0.311 e. The van der Waals surface area contributed by atoms with E-state index in [-0.39, 0.29) is 23.9 Å². The lowest BCUT2D eigenvalue weighted by Crippen LogP contribution is -2.45. The summed E-state index contributed by atoms with van der Waals surface area (Å²) in [4.78, 5) is 11.0. The zero-order chi connectivity index (χ0) is 8.59. The van der Waals surface area contributed by atoms with Crippen LogP contribution in [0.25, 0.3) is 0 Å². The molecule has 1 aliphatic rings. The highest BCUT2D eigenvalue weighted by atomic mass is 16.5. The summed E-state index contributed by atoms with van der Waals surface area (Å²) in [5.41, 5.74) is 0. The van der Waals surface area contributed by atoms with Crippen LogP contribution in [0.5, 0.6) is 0 Å². The molecule has 1 fully saturated rings. The molecule has 4 atom stereocenters. The average molecular weight is 158 g/mol. The Morgan fingerprint density at radius 1 is 1.36 bits per heavy atom. The number of hydrogen-bond donors (Lipinski definition) is 1. The zero-order valence-electron chi connectivity index (χ0n) is 7.07. The first kappa shape index (κ1) is 8.53. The van der Waals surface area contributed by atoms with Gasteiger partial charge in [0.2, 0.25) is 0 Å². The van der Waals surface area contributed by atoms with Gasteiger partial charge in [0.15, 0.2) is 0 Å². The van der Waals surface area contributed by atoms with Crippen molar-refractivity contribution in [1.82, 2.24) is 0 Å². The molecule has 3 heteroatoms. The van der Waals surface area contributed by atoms with Gasteiger partial charge in [-0.1, -0.05) is 6.92 Å². The van der Waals surface area contributed by atoms with Gasteiger partial charge in [-0.3, -0.25) is 4.79 Å². The van der Waals surface area contributed by atoms with Crippen molar-refractivity contribution in [2.45, 2.75) is 33.0 Å². The summed E-state index contributed by atoms with van der Waals surface area (Å²) in [6.45, 7) is 5.38. The third-order valence-electron chi connectivity index (χ3n) is 2.47. The fourth-order valence-electron chi connectivity index (χ4n) is 1.27. The van der Waals surface area contributed by atoms with E-state index in [1.165, 1.54) is 0 Å². The molecule has 11 heavy (non-hydrogen) atoms. The van der Waals surface area contributed by atoms with Gasteiger partial charge in [0, 0.05) is 5.92 Å². The Morgan fingerprint density at radius 2 is 1.91 bits per heavy atom. The lowest BCUT2D eigenvalue weighted by atomic mass is 9.87. The molecule has 64 valence electrons. The van der Waals surface area contributed by atoms with Crippen molar-refractivity contribution in [3.8, 4) is 0 Å². The van der Waals surface area contributed by atoms with Crippen LogP contribution < -0.4 is 0 Å². The van der Waals surface area contributed by atoms with E-state index >= 15 is 0 Å². The Morgan fingerprint density at radius 3 is 2.45 bits per heavy atom. The standard InChI is InChI=1S/C8H14O3/c1-4-6(3)11-8(10)5(2)7(4)9/h4-7,9H,1-3H3/t4-,5-,6-,7-/m1/s1. The van der Waals surface area contributed by atoms with Gasteiger partial charge in [0.25, 0.3) is 0 Å². The highest BCUT2D eigenvalue weighted by Crippen LogP contribution is 2.25. The molecule has 0 aromatic carbocycles. The van der Waals surface area contributed by atoms with Gasteiger partial charge in [-0.25, -0.2) is 0 Å². The van der Waals surface area contributed by atoms with E-state index in [2.05, 4.69) is 0 Å². The molecular weight excluding hydrogens is 144 g/mol. The normalized spacial score (nSPS) is 45.3. The van der Waals surface area contributed by atoms with Gasteiger partial charge in [0.1, 0.15) is 6.10 Å². The summed E-state index contributed by atoms with van der Waals surface area (Å²) >= 11 is 0. The minimum Gasteiger partial charge on any atom is -0.462 e. The molecule has 0 bridgehead atoms. The molecule has 3 nitrogen and oxygen atoms in total. The van der Waals surface area contributed by atoms with Gasteiger partial charge in [-0.2, -0.15) is 0 Å². The fourth-order valence-corrected chi connectivity index (χ4v) is 1.27. The Hall–Kier alpha value is -0.570. The van der Waals surface area contributed by atoms with Crippen LogP contribution in [0.3, 0.4) is 0 Å². The molecule has 0 radical (unpaired) electrons. The first-order valence-electron chi connectivity index (χ1n) is 3.92. The minimum absolute atomic E-state index is 0.0442. The number of cyclic esters (lactones) is 1. The average Bonchev–Trinajstić information content (AvgIpc) is 1.97. The monoisotopic (exact) mass is 158 g/mol. The maximum Gasteiger partial charge on any atom is 0.311 e. The van der Waals surface area contributed by atoms with Crippen LogP contribution in [-0.2, 0) is 9.53 Å². The van der Waals surface area contributed by atoms with Crippen LogP contribution in [0, 0.1) is 11.8 Å². The second-order valence-corrected chi connectivity index (χ2v) is 3.28. The molecule has 0 unspecified atom stereocenters. The highest BCUT2D eigenvalue weighted by molar-refractivity contribution is 5.73. The number of carbonyl (C=O) groups is 1. The summed E-state index contributed by atoms with van der Waals surface area (Å²) in [5.74, 6) is -0.619. The minimum atomic E-state index is -0.550. The van der Waals surface area contributed by atoms with Crippen molar-refractivity contribution in [2.75, 3.05) is 0 Å². The van der Waals surface area contributed by atoms with Crippen LogP contribution >= 0.6 is 0 Å². The Balaban J connectivity index is 2.70. The molecule has 0 saturated carbocycles. The fraction of sp³-hybridized carbons (Fsp3) is 0.875. The number of hydrogen-bond acceptors (Lipinski definition) is 3.